The first-order valence-corrected chi connectivity index (χ1v) is 7.26. The standard InChI is InChI=1S/C15H20O7/c1-18-13(17)9-7-11-10(14-21-4-5-22-14)6-8(9)12(16)15(11,19-2)20-3/h6,8-9,11,14H,4-5,7H2,1-3H3/t8-,9+,11+/m1/s1. The van der Waals surface area contributed by atoms with Crippen LogP contribution in [0, 0.1) is 17.8 Å². The number of ether oxygens (including phenoxy) is 5. The molecule has 22 heavy (non-hydrogen) atoms. The number of Topliss-reactive ketones (excluding diaryl/α,β-unsaturated/α-hetero) is 1. The fourth-order valence-corrected chi connectivity index (χ4v) is 3.77. The highest BCUT2D eigenvalue weighted by molar-refractivity contribution is 5.96. The van der Waals surface area contributed by atoms with E-state index in [0.29, 0.717) is 19.6 Å². The summed E-state index contributed by atoms with van der Waals surface area (Å²) in [5.74, 6) is -3.66. The summed E-state index contributed by atoms with van der Waals surface area (Å²) in [5, 5.41) is 0. The molecule has 0 N–H and O–H groups in total. The van der Waals surface area contributed by atoms with Crippen LogP contribution in [0.3, 0.4) is 0 Å². The predicted octanol–water partition coefficient (Wildman–Crippen LogP) is 0.283. The van der Waals surface area contributed by atoms with Crippen LogP contribution in [0.1, 0.15) is 6.42 Å². The van der Waals surface area contributed by atoms with E-state index < -0.39 is 35.8 Å². The van der Waals surface area contributed by atoms with Crippen molar-refractivity contribution in [1.82, 2.24) is 0 Å². The highest BCUT2D eigenvalue weighted by Gasteiger charge is 2.62. The van der Waals surface area contributed by atoms with Crippen LogP contribution in [0.25, 0.3) is 0 Å². The lowest BCUT2D eigenvalue weighted by Gasteiger charge is -2.50. The maximum absolute atomic E-state index is 12.8. The van der Waals surface area contributed by atoms with Crippen LogP contribution >= 0.6 is 0 Å². The molecule has 3 aliphatic carbocycles. The number of carbonyl (C=O) groups excluding carboxylic acids is 2. The third-order valence-electron chi connectivity index (χ3n) is 4.81. The molecule has 1 heterocycles. The van der Waals surface area contributed by atoms with Crippen molar-refractivity contribution in [3.05, 3.63) is 11.6 Å². The number of rotatable bonds is 4. The molecule has 4 rings (SSSR count). The van der Waals surface area contributed by atoms with Gasteiger partial charge >= 0.3 is 5.97 Å². The molecule has 1 saturated heterocycles. The van der Waals surface area contributed by atoms with Crippen LogP contribution in [0.4, 0.5) is 0 Å². The third kappa shape index (κ3) is 2.04. The molecule has 0 aromatic rings. The minimum absolute atomic E-state index is 0.258. The lowest BCUT2D eigenvalue weighted by atomic mass is 9.61. The largest absolute Gasteiger partial charge is 0.469 e. The van der Waals surface area contributed by atoms with Gasteiger partial charge in [0.25, 0.3) is 0 Å². The van der Waals surface area contributed by atoms with Crippen molar-refractivity contribution >= 4 is 11.8 Å². The van der Waals surface area contributed by atoms with E-state index in [2.05, 4.69) is 0 Å². The molecule has 1 saturated carbocycles. The van der Waals surface area contributed by atoms with Crippen LogP contribution in [-0.2, 0) is 33.3 Å². The Morgan fingerprint density at radius 3 is 2.41 bits per heavy atom. The van der Waals surface area contributed by atoms with Crippen molar-refractivity contribution in [2.75, 3.05) is 34.5 Å². The Bertz CT molecular complexity index is 502. The molecule has 3 atom stereocenters. The summed E-state index contributed by atoms with van der Waals surface area (Å²) in [6.45, 7) is 1.00. The van der Waals surface area contributed by atoms with E-state index >= 15 is 0 Å². The molecule has 122 valence electrons. The number of hydrogen-bond donors (Lipinski definition) is 0. The molecule has 0 aromatic heterocycles. The monoisotopic (exact) mass is 312 g/mol. The predicted molar refractivity (Wildman–Crippen MR) is 72.6 cm³/mol. The van der Waals surface area contributed by atoms with Crippen LogP contribution in [0.5, 0.6) is 0 Å². The van der Waals surface area contributed by atoms with E-state index in [1.807, 2.05) is 0 Å². The summed E-state index contributed by atoms with van der Waals surface area (Å²) in [7, 11) is 4.19. The van der Waals surface area contributed by atoms with Crippen molar-refractivity contribution in [2.45, 2.75) is 18.5 Å². The number of methoxy groups -OCH3 is 3. The molecule has 0 amide bonds. The Balaban J connectivity index is 2.02. The number of fused-ring (bicyclic) bond motifs is 2. The molecule has 0 aromatic carbocycles. The average molecular weight is 312 g/mol. The maximum Gasteiger partial charge on any atom is 0.309 e. The van der Waals surface area contributed by atoms with Gasteiger partial charge in [-0.2, -0.15) is 0 Å². The molecular weight excluding hydrogens is 292 g/mol. The number of allylic oxidation sites excluding steroid dienone is 1. The van der Waals surface area contributed by atoms with Crippen molar-refractivity contribution < 1.29 is 33.3 Å². The Hall–Kier alpha value is -1.28. The second-order valence-corrected chi connectivity index (χ2v) is 5.62. The Morgan fingerprint density at radius 1 is 1.23 bits per heavy atom. The summed E-state index contributed by atoms with van der Waals surface area (Å²) < 4.78 is 26.8. The van der Waals surface area contributed by atoms with Crippen molar-refractivity contribution in [3.63, 3.8) is 0 Å². The van der Waals surface area contributed by atoms with E-state index in [1.165, 1.54) is 21.3 Å². The first kappa shape index (κ1) is 15.6. The van der Waals surface area contributed by atoms with E-state index in [0.717, 1.165) is 5.57 Å². The fraction of sp³-hybridized carbons (Fsp3) is 0.733. The summed E-state index contributed by atoms with van der Waals surface area (Å²) in [5.41, 5.74) is 0.811. The fourth-order valence-electron chi connectivity index (χ4n) is 3.77. The Morgan fingerprint density at radius 2 is 1.86 bits per heavy atom. The second-order valence-electron chi connectivity index (χ2n) is 5.62. The highest BCUT2D eigenvalue weighted by atomic mass is 16.7. The van der Waals surface area contributed by atoms with Gasteiger partial charge in [-0.05, 0) is 12.0 Å². The summed E-state index contributed by atoms with van der Waals surface area (Å²) in [4.78, 5) is 24.7. The van der Waals surface area contributed by atoms with Crippen molar-refractivity contribution in [1.29, 1.82) is 0 Å². The molecule has 0 spiro atoms. The SMILES string of the molecule is COC(=O)[C@H]1C[C@H]2C(C3OCCO3)=C[C@H]1C(=O)C2(OC)OC. The van der Waals surface area contributed by atoms with Crippen LogP contribution in [0.15, 0.2) is 11.6 Å². The molecule has 7 nitrogen and oxygen atoms in total. The summed E-state index contributed by atoms with van der Waals surface area (Å²) >= 11 is 0. The van der Waals surface area contributed by atoms with E-state index in [-0.39, 0.29) is 5.78 Å². The lowest BCUT2D eigenvalue weighted by Crippen LogP contribution is -2.62. The molecular formula is C15H20O7. The van der Waals surface area contributed by atoms with Crippen molar-refractivity contribution in [2.24, 2.45) is 17.8 Å². The van der Waals surface area contributed by atoms with Crippen LogP contribution < -0.4 is 0 Å². The van der Waals surface area contributed by atoms with E-state index in [9.17, 15) is 9.59 Å². The van der Waals surface area contributed by atoms with E-state index in [1.54, 1.807) is 6.08 Å². The second kappa shape index (κ2) is 5.73. The van der Waals surface area contributed by atoms with Gasteiger partial charge in [-0.3, -0.25) is 9.59 Å². The topological polar surface area (TPSA) is 80.3 Å². The Labute approximate surface area is 128 Å². The summed E-state index contributed by atoms with van der Waals surface area (Å²) in [6, 6.07) is 0. The lowest BCUT2D eigenvalue weighted by molar-refractivity contribution is -0.246. The number of ketones is 1. The van der Waals surface area contributed by atoms with Gasteiger partial charge in [0.1, 0.15) is 0 Å². The van der Waals surface area contributed by atoms with Gasteiger partial charge in [-0.1, -0.05) is 6.08 Å². The molecule has 0 radical (unpaired) electrons. The minimum atomic E-state index is -1.39. The molecule has 2 bridgehead atoms. The molecule has 4 aliphatic rings. The number of hydrogen-bond acceptors (Lipinski definition) is 7. The van der Waals surface area contributed by atoms with Gasteiger partial charge in [0.05, 0.1) is 32.2 Å². The van der Waals surface area contributed by atoms with Crippen LogP contribution in [0.2, 0.25) is 0 Å². The van der Waals surface area contributed by atoms with E-state index in [4.69, 9.17) is 23.7 Å². The van der Waals surface area contributed by atoms with Gasteiger partial charge in [0.2, 0.25) is 5.79 Å². The zero-order chi connectivity index (χ0) is 15.9. The summed E-state index contributed by atoms with van der Waals surface area (Å²) in [6.07, 6.45) is 1.66. The zero-order valence-corrected chi connectivity index (χ0v) is 12.9. The number of carbonyl (C=O) groups is 2. The zero-order valence-electron chi connectivity index (χ0n) is 12.9. The van der Waals surface area contributed by atoms with Gasteiger partial charge in [-0.15, -0.1) is 0 Å². The molecule has 7 heteroatoms. The normalized spacial score (nSPS) is 33.9. The Kier molecular flexibility index (Phi) is 4.07. The first-order chi connectivity index (χ1) is 10.6. The molecule has 0 unspecified atom stereocenters. The van der Waals surface area contributed by atoms with Crippen LogP contribution in [-0.4, -0.2) is 58.4 Å². The first-order valence-electron chi connectivity index (χ1n) is 7.26. The minimum Gasteiger partial charge on any atom is -0.469 e. The quantitative estimate of drug-likeness (QED) is 0.419. The van der Waals surface area contributed by atoms with Gasteiger partial charge in [0.15, 0.2) is 12.1 Å². The maximum atomic E-state index is 12.8. The smallest absolute Gasteiger partial charge is 0.309 e. The van der Waals surface area contributed by atoms with Crippen molar-refractivity contribution in [3.8, 4) is 0 Å². The number of esters is 1. The molecule has 1 aliphatic heterocycles. The van der Waals surface area contributed by atoms with Gasteiger partial charge < -0.3 is 23.7 Å². The highest BCUT2D eigenvalue weighted by Crippen LogP contribution is 2.51. The average Bonchev–Trinajstić information content (AvgIpc) is 3.09. The third-order valence-corrected chi connectivity index (χ3v) is 4.81. The van der Waals surface area contributed by atoms with Gasteiger partial charge in [0, 0.05) is 20.1 Å². The molecule has 2 fully saturated rings. The van der Waals surface area contributed by atoms with Gasteiger partial charge in [-0.25, -0.2) is 0 Å².